The van der Waals surface area contributed by atoms with Crippen LogP contribution >= 0.6 is 0 Å². The Balaban J connectivity index is 1.32. The number of tetrazole rings is 1. The first-order chi connectivity index (χ1) is 14.6. The summed E-state index contributed by atoms with van der Waals surface area (Å²) < 4.78 is 3.45. The lowest BCUT2D eigenvalue weighted by atomic mass is 10.1. The number of benzene rings is 1. The second-order valence-electron chi connectivity index (χ2n) is 7.31. The number of aromatic nitrogens is 7. The Morgan fingerprint density at radius 2 is 1.83 bits per heavy atom. The van der Waals surface area contributed by atoms with Crippen LogP contribution in [-0.2, 0) is 7.05 Å². The normalized spacial score (nSPS) is 14.5. The standard InChI is InChI=1S/C20H21N9O/c1-14-17-12-15(13-21-18(17)26(2)23-14)19(30)27-8-10-28(11-9-27)20-22-24-25-29(20)16-6-4-3-5-7-16/h3-7,12-13H,8-11H2,1-2H3. The van der Waals surface area contributed by atoms with Crippen LogP contribution in [0.15, 0.2) is 42.6 Å². The second kappa shape index (κ2) is 7.21. The molecule has 10 nitrogen and oxygen atoms in total. The number of fused-ring (bicyclic) bond motifs is 1. The van der Waals surface area contributed by atoms with Gasteiger partial charge in [0.2, 0.25) is 5.95 Å². The molecule has 0 unspecified atom stereocenters. The Morgan fingerprint density at radius 3 is 2.60 bits per heavy atom. The summed E-state index contributed by atoms with van der Waals surface area (Å²) >= 11 is 0. The highest BCUT2D eigenvalue weighted by molar-refractivity contribution is 5.97. The van der Waals surface area contributed by atoms with Crippen molar-refractivity contribution in [2.45, 2.75) is 6.92 Å². The van der Waals surface area contributed by atoms with Crippen LogP contribution in [0, 0.1) is 6.92 Å². The summed E-state index contributed by atoms with van der Waals surface area (Å²) in [5.74, 6) is 0.664. The van der Waals surface area contributed by atoms with Gasteiger partial charge < -0.3 is 9.80 Å². The molecule has 1 aromatic carbocycles. The molecule has 5 rings (SSSR count). The molecule has 1 amide bonds. The van der Waals surface area contributed by atoms with Crippen molar-refractivity contribution in [1.82, 2.24) is 39.9 Å². The van der Waals surface area contributed by atoms with Gasteiger partial charge in [0.05, 0.1) is 16.9 Å². The molecule has 1 aliphatic rings. The zero-order valence-electron chi connectivity index (χ0n) is 16.8. The highest BCUT2D eigenvalue weighted by atomic mass is 16.2. The summed E-state index contributed by atoms with van der Waals surface area (Å²) in [5, 5.41) is 17.4. The van der Waals surface area contributed by atoms with Crippen molar-refractivity contribution in [2.24, 2.45) is 7.05 Å². The van der Waals surface area contributed by atoms with E-state index in [1.165, 1.54) is 0 Å². The van der Waals surface area contributed by atoms with Crippen molar-refractivity contribution >= 4 is 22.9 Å². The SMILES string of the molecule is Cc1nn(C)c2ncc(C(=O)N3CCN(c4nnnn4-c4ccccc4)CC3)cc12. The Bertz CT molecular complexity index is 1210. The zero-order valence-corrected chi connectivity index (χ0v) is 16.8. The number of aryl methyl sites for hydroxylation is 2. The van der Waals surface area contributed by atoms with E-state index in [9.17, 15) is 4.79 Å². The van der Waals surface area contributed by atoms with Crippen LogP contribution in [0.1, 0.15) is 16.1 Å². The van der Waals surface area contributed by atoms with Crippen LogP contribution in [0.2, 0.25) is 0 Å². The number of carbonyl (C=O) groups excluding carboxylic acids is 1. The van der Waals surface area contributed by atoms with Gasteiger partial charge in [-0.15, -0.1) is 0 Å². The van der Waals surface area contributed by atoms with Gasteiger partial charge in [-0.05, 0) is 35.5 Å². The first-order valence-corrected chi connectivity index (χ1v) is 9.79. The van der Waals surface area contributed by atoms with Crippen molar-refractivity contribution in [3.05, 3.63) is 53.9 Å². The van der Waals surface area contributed by atoms with Crippen molar-refractivity contribution < 1.29 is 4.79 Å². The molecule has 1 saturated heterocycles. The molecule has 0 saturated carbocycles. The number of hydrogen-bond donors (Lipinski definition) is 0. The van der Waals surface area contributed by atoms with Crippen LogP contribution in [0.4, 0.5) is 5.95 Å². The van der Waals surface area contributed by atoms with Crippen LogP contribution in [-0.4, -0.2) is 72.0 Å². The van der Waals surface area contributed by atoms with E-state index < -0.39 is 0 Å². The van der Waals surface area contributed by atoms with Gasteiger partial charge in [-0.25, -0.2) is 4.98 Å². The van der Waals surface area contributed by atoms with Gasteiger partial charge in [0, 0.05) is 44.8 Å². The fourth-order valence-electron chi connectivity index (χ4n) is 3.83. The maximum Gasteiger partial charge on any atom is 0.255 e. The van der Waals surface area contributed by atoms with Gasteiger partial charge in [-0.3, -0.25) is 9.48 Å². The molecule has 0 atom stereocenters. The molecule has 152 valence electrons. The smallest absolute Gasteiger partial charge is 0.255 e. The van der Waals surface area contributed by atoms with Crippen LogP contribution in [0.25, 0.3) is 16.7 Å². The number of rotatable bonds is 3. The van der Waals surface area contributed by atoms with E-state index in [0.29, 0.717) is 37.7 Å². The largest absolute Gasteiger partial charge is 0.336 e. The van der Waals surface area contributed by atoms with Crippen molar-refractivity contribution in [1.29, 1.82) is 0 Å². The fraction of sp³-hybridized carbons (Fsp3) is 0.300. The molecule has 10 heteroatoms. The Kier molecular flexibility index (Phi) is 4.38. The van der Waals surface area contributed by atoms with Crippen LogP contribution < -0.4 is 4.90 Å². The van der Waals surface area contributed by atoms with Gasteiger partial charge in [-0.2, -0.15) is 9.78 Å². The Labute approximate surface area is 172 Å². The van der Waals surface area contributed by atoms with Crippen molar-refractivity contribution in [2.75, 3.05) is 31.1 Å². The number of piperazine rings is 1. The highest BCUT2D eigenvalue weighted by Gasteiger charge is 2.26. The third-order valence-corrected chi connectivity index (χ3v) is 5.41. The quantitative estimate of drug-likeness (QED) is 0.507. The van der Waals surface area contributed by atoms with Gasteiger partial charge in [0.15, 0.2) is 5.65 Å². The summed E-state index contributed by atoms with van der Waals surface area (Å²) in [7, 11) is 1.85. The van der Waals surface area contributed by atoms with Gasteiger partial charge in [0.25, 0.3) is 5.91 Å². The van der Waals surface area contributed by atoms with Crippen molar-refractivity contribution in [3.8, 4) is 5.69 Å². The van der Waals surface area contributed by atoms with E-state index in [1.54, 1.807) is 15.6 Å². The minimum atomic E-state index is -0.0186. The Morgan fingerprint density at radius 1 is 1.07 bits per heavy atom. The monoisotopic (exact) mass is 403 g/mol. The van der Waals surface area contributed by atoms with E-state index in [1.807, 2.05) is 55.3 Å². The van der Waals surface area contributed by atoms with E-state index in [4.69, 9.17) is 0 Å². The predicted molar refractivity (Wildman–Crippen MR) is 111 cm³/mol. The van der Waals surface area contributed by atoms with E-state index in [0.717, 1.165) is 22.4 Å². The number of pyridine rings is 1. The average molecular weight is 403 g/mol. The third kappa shape index (κ3) is 3.06. The lowest BCUT2D eigenvalue weighted by molar-refractivity contribution is 0.0746. The summed E-state index contributed by atoms with van der Waals surface area (Å²) in [5.41, 5.74) is 3.14. The molecule has 0 N–H and O–H groups in total. The van der Waals surface area contributed by atoms with E-state index >= 15 is 0 Å². The maximum atomic E-state index is 13.0. The molecule has 1 aliphatic heterocycles. The molecular weight excluding hydrogens is 382 g/mol. The maximum absolute atomic E-state index is 13.0. The molecule has 0 radical (unpaired) electrons. The van der Waals surface area contributed by atoms with E-state index in [2.05, 4.69) is 30.5 Å². The summed E-state index contributed by atoms with van der Waals surface area (Å²) in [6.45, 7) is 4.41. The Hall–Kier alpha value is -3.82. The molecule has 0 spiro atoms. The minimum Gasteiger partial charge on any atom is -0.336 e. The van der Waals surface area contributed by atoms with Crippen LogP contribution in [0.3, 0.4) is 0 Å². The molecule has 1 fully saturated rings. The summed E-state index contributed by atoms with van der Waals surface area (Å²) in [6.07, 6.45) is 1.63. The lowest BCUT2D eigenvalue weighted by Crippen LogP contribution is -2.49. The third-order valence-electron chi connectivity index (χ3n) is 5.41. The van der Waals surface area contributed by atoms with Crippen LogP contribution in [0.5, 0.6) is 0 Å². The topological polar surface area (TPSA) is 97.9 Å². The number of nitrogens with zero attached hydrogens (tertiary/aromatic N) is 9. The molecule has 0 aliphatic carbocycles. The average Bonchev–Trinajstić information content (AvgIpc) is 3.39. The molecule has 30 heavy (non-hydrogen) atoms. The molecule has 3 aromatic heterocycles. The number of hydrogen-bond acceptors (Lipinski definition) is 7. The molecule has 0 bridgehead atoms. The first-order valence-electron chi connectivity index (χ1n) is 9.79. The van der Waals surface area contributed by atoms with Gasteiger partial charge in [0.1, 0.15) is 0 Å². The van der Waals surface area contributed by atoms with Crippen molar-refractivity contribution in [3.63, 3.8) is 0 Å². The zero-order chi connectivity index (χ0) is 20.7. The number of anilines is 1. The van der Waals surface area contributed by atoms with E-state index in [-0.39, 0.29) is 5.91 Å². The van der Waals surface area contributed by atoms with Gasteiger partial charge in [-0.1, -0.05) is 23.3 Å². The molecule has 4 aromatic rings. The summed E-state index contributed by atoms with van der Waals surface area (Å²) in [4.78, 5) is 21.4. The lowest BCUT2D eigenvalue weighted by Gasteiger charge is -2.34. The number of para-hydroxylation sites is 1. The fourth-order valence-corrected chi connectivity index (χ4v) is 3.83. The predicted octanol–water partition coefficient (Wildman–Crippen LogP) is 1.21. The minimum absolute atomic E-state index is 0.0186. The molecule has 4 heterocycles. The summed E-state index contributed by atoms with van der Waals surface area (Å²) in [6, 6.07) is 11.7. The molecular formula is C20H21N9O. The second-order valence-corrected chi connectivity index (χ2v) is 7.31. The van der Waals surface area contributed by atoms with Gasteiger partial charge >= 0.3 is 0 Å². The first kappa shape index (κ1) is 18.2. The highest BCUT2D eigenvalue weighted by Crippen LogP contribution is 2.20. The number of amides is 1. The number of carbonyl (C=O) groups is 1.